The zero-order chi connectivity index (χ0) is 15.0. The number of nitrogens with two attached hydrogens (primary N) is 1. The summed E-state index contributed by atoms with van der Waals surface area (Å²) in [5, 5.41) is 1.05. The summed E-state index contributed by atoms with van der Waals surface area (Å²) >= 11 is 0. The number of hydrogen-bond acceptors (Lipinski definition) is 2. The van der Waals surface area contributed by atoms with Crippen molar-refractivity contribution in [3.63, 3.8) is 0 Å². The maximum absolute atomic E-state index is 13.4. The summed E-state index contributed by atoms with van der Waals surface area (Å²) in [6.45, 7) is 1.80. The Morgan fingerprint density at radius 1 is 1.10 bits per heavy atom. The van der Waals surface area contributed by atoms with Gasteiger partial charge in [-0.15, -0.1) is 0 Å². The second kappa shape index (κ2) is 5.14. The second-order valence-corrected chi connectivity index (χ2v) is 5.07. The number of para-hydroxylation sites is 1. The Bertz CT molecular complexity index is 854. The number of hydrogen-bond donors (Lipinski definition) is 1. The monoisotopic (exact) mass is 282 g/mol. The standard InChI is InChI=1S/C17H15FN2O/c1-11(19)16-10-12-9-13(18)7-8-15(12)17(21)20(16)14-5-3-2-4-6-14/h2-11H,19H2,1H3/t11-/m0/s1. The molecular weight excluding hydrogens is 267 g/mol. The van der Waals surface area contributed by atoms with Crippen molar-refractivity contribution < 1.29 is 4.39 Å². The summed E-state index contributed by atoms with van der Waals surface area (Å²) in [4.78, 5) is 12.8. The van der Waals surface area contributed by atoms with E-state index in [1.54, 1.807) is 17.6 Å². The van der Waals surface area contributed by atoms with Crippen LogP contribution in [0.15, 0.2) is 59.4 Å². The summed E-state index contributed by atoms with van der Waals surface area (Å²) in [6.07, 6.45) is 0. The average molecular weight is 282 g/mol. The smallest absolute Gasteiger partial charge is 0.263 e. The minimum Gasteiger partial charge on any atom is -0.323 e. The number of aromatic nitrogens is 1. The van der Waals surface area contributed by atoms with Crippen LogP contribution in [-0.2, 0) is 0 Å². The molecule has 3 nitrogen and oxygen atoms in total. The summed E-state index contributed by atoms with van der Waals surface area (Å²) < 4.78 is 15.0. The van der Waals surface area contributed by atoms with Crippen molar-refractivity contribution in [2.75, 3.05) is 0 Å². The molecular formula is C17H15FN2O. The van der Waals surface area contributed by atoms with Crippen LogP contribution in [0.3, 0.4) is 0 Å². The lowest BCUT2D eigenvalue weighted by Crippen LogP contribution is -2.25. The number of halogens is 1. The van der Waals surface area contributed by atoms with E-state index in [-0.39, 0.29) is 17.4 Å². The molecule has 0 aliphatic carbocycles. The van der Waals surface area contributed by atoms with Crippen LogP contribution in [0.2, 0.25) is 0 Å². The highest BCUT2D eigenvalue weighted by Crippen LogP contribution is 2.20. The Morgan fingerprint density at radius 2 is 1.81 bits per heavy atom. The second-order valence-electron chi connectivity index (χ2n) is 5.07. The van der Waals surface area contributed by atoms with E-state index in [9.17, 15) is 9.18 Å². The van der Waals surface area contributed by atoms with Gasteiger partial charge in [0.2, 0.25) is 0 Å². The van der Waals surface area contributed by atoms with Gasteiger partial charge >= 0.3 is 0 Å². The fourth-order valence-corrected chi connectivity index (χ4v) is 2.49. The lowest BCUT2D eigenvalue weighted by atomic mass is 10.1. The third-order valence-electron chi connectivity index (χ3n) is 3.49. The number of fused-ring (bicyclic) bond motifs is 1. The van der Waals surface area contributed by atoms with Gasteiger partial charge in [-0.25, -0.2) is 4.39 Å². The van der Waals surface area contributed by atoms with Gasteiger partial charge in [0.25, 0.3) is 5.56 Å². The molecule has 3 rings (SSSR count). The summed E-state index contributed by atoms with van der Waals surface area (Å²) in [5.41, 5.74) is 7.22. The largest absolute Gasteiger partial charge is 0.323 e. The first-order chi connectivity index (χ1) is 10.1. The molecule has 0 radical (unpaired) electrons. The number of rotatable bonds is 2. The average Bonchev–Trinajstić information content (AvgIpc) is 2.47. The van der Waals surface area contributed by atoms with Gasteiger partial charge in [0.1, 0.15) is 5.82 Å². The molecule has 2 N–H and O–H groups in total. The van der Waals surface area contributed by atoms with Gasteiger partial charge < -0.3 is 5.73 Å². The minimum absolute atomic E-state index is 0.189. The van der Waals surface area contributed by atoms with E-state index >= 15 is 0 Å². The van der Waals surface area contributed by atoms with Crippen molar-refractivity contribution in [2.45, 2.75) is 13.0 Å². The molecule has 0 amide bonds. The molecule has 0 saturated heterocycles. The van der Waals surface area contributed by atoms with Crippen LogP contribution in [0.4, 0.5) is 4.39 Å². The molecule has 3 aromatic rings. The van der Waals surface area contributed by atoms with E-state index in [0.717, 1.165) is 5.69 Å². The topological polar surface area (TPSA) is 48.0 Å². The molecule has 0 bridgehead atoms. The summed E-state index contributed by atoms with van der Waals surface area (Å²) in [5.74, 6) is -0.366. The predicted octanol–water partition coefficient (Wildman–Crippen LogP) is 3.15. The Balaban J connectivity index is 2.42. The van der Waals surface area contributed by atoms with E-state index in [1.807, 2.05) is 30.3 Å². The van der Waals surface area contributed by atoms with Crippen LogP contribution >= 0.6 is 0 Å². The van der Waals surface area contributed by atoms with Crippen molar-refractivity contribution in [1.29, 1.82) is 0 Å². The summed E-state index contributed by atoms with van der Waals surface area (Å²) in [6, 6.07) is 14.9. The van der Waals surface area contributed by atoms with Gasteiger partial charge in [0.05, 0.1) is 0 Å². The van der Waals surface area contributed by atoms with E-state index in [1.165, 1.54) is 18.2 Å². The van der Waals surface area contributed by atoms with Gasteiger partial charge in [-0.05, 0) is 48.7 Å². The van der Waals surface area contributed by atoms with Gasteiger partial charge in [0, 0.05) is 22.8 Å². The van der Waals surface area contributed by atoms with E-state index in [2.05, 4.69) is 0 Å². The number of nitrogens with zero attached hydrogens (tertiary/aromatic N) is 1. The van der Waals surface area contributed by atoms with Crippen molar-refractivity contribution >= 4 is 10.8 Å². The number of pyridine rings is 1. The zero-order valence-corrected chi connectivity index (χ0v) is 11.6. The molecule has 4 heteroatoms. The van der Waals surface area contributed by atoms with Gasteiger partial charge in [0.15, 0.2) is 0 Å². The lowest BCUT2D eigenvalue weighted by molar-refractivity contribution is 0.629. The van der Waals surface area contributed by atoms with E-state index in [0.29, 0.717) is 16.5 Å². The van der Waals surface area contributed by atoms with E-state index in [4.69, 9.17) is 5.73 Å². The van der Waals surface area contributed by atoms with Crippen LogP contribution in [0, 0.1) is 5.82 Å². The first-order valence-corrected chi connectivity index (χ1v) is 6.74. The molecule has 21 heavy (non-hydrogen) atoms. The molecule has 2 aromatic carbocycles. The maximum Gasteiger partial charge on any atom is 0.263 e. The van der Waals surface area contributed by atoms with Crippen molar-refractivity contribution in [3.05, 3.63) is 76.5 Å². The highest BCUT2D eigenvalue weighted by molar-refractivity contribution is 5.82. The fourth-order valence-electron chi connectivity index (χ4n) is 2.49. The first-order valence-electron chi connectivity index (χ1n) is 6.74. The third kappa shape index (κ3) is 2.34. The molecule has 0 fully saturated rings. The third-order valence-corrected chi connectivity index (χ3v) is 3.49. The molecule has 0 aliphatic rings. The van der Waals surface area contributed by atoms with Crippen LogP contribution in [0.25, 0.3) is 16.5 Å². The minimum atomic E-state index is -0.366. The van der Waals surface area contributed by atoms with Crippen LogP contribution in [0.5, 0.6) is 0 Å². The Hall–Kier alpha value is -2.46. The molecule has 1 heterocycles. The summed E-state index contributed by atoms with van der Waals surface area (Å²) in [7, 11) is 0. The molecule has 0 aliphatic heterocycles. The first kappa shape index (κ1) is 13.5. The fraction of sp³-hybridized carbons (Fsp3) is 0.118. The Labute approximate surface area is 121 Å². The van der Waals surface area contributed by atoms with Crippen LogP contribution in [-0.4, -0.2) is 4.57 Å². The molecule has 0 saturated carbocycles. The quantitative estimate of drug-likeness (QED) is 0.785. The Morgan fingerprint density at radius 3 is 2.48 bits per heavy atom. The van der Waals surface area contributed by atoms with Crippen LogP contribution in [0.1, 0.15) is 18.7 Å². The predicted molar refractivity (Wildman–Crippen MR) is 82.1 cm³/mol. The molecule has 0 unspecified atom stereocenters. The molecule has 1 atom stereocenters. The zero-order valence-electron chi connectivity index (χ0n) is 11.6. The van der Waals surface area contributed by atoms with Crippen molar-refractivity contribution in [1.82, 2.24) is 4.57 Å². The normalized spacial score (nSPS) is 12.5. The molecule has 1 aromatic heterocycles. The van der Waals surface area contributed by atoms with Crippen molar-refractivity contribution in [2.24, 2.45) is 5.73 Å². The maximum atomic E-state index is 13.4. The van der Waals surface area contributed by atoms with E-state index < -0.39 is 0 Å². The Kier molecular flexibility index (Phi) is 3.31. The SMILES string of the molecule is C[C@H](N)c1cc2cc(F)ccc2c(=O)n1-c1ccccc1. The van der Waals surface area contributed by atoms with Crippen molar-refractivity contribution in [3.8, 4) is 5.69 Å². The highest BCUT2D eigenvalue weighted by Gasteiger charge is 2.14. The highest BCUT2D eigenvalue weighted by atomic mass is 19.1. The van der Waals surface area contributed by atoms with Gasteiger partial charge in [-0.2, -0.15) is 0 Å². The van der Waals surface area contributed by atoms with Gasteiger partial charge in [-0.1, -0.05) is 18.2 Å². The molecule has 0 spiro atoms. The van der Waals surface area contributed by atoms with Gasteiger partial charge in [-0.3, -0.25) is 9.36 Å². The number of benzene rings is 2. The lowest BCUT2D eigenvalue weighted by Gasteiger charge is -2.17. The molecule has 106 valence electrons. The van der Waals surface area contributed by atoms with Crippen LogP contribution < -0.4 is 11.3 Å².